The molecule has 1 aromatic carbocycles. The van der Waals surface area contributed by atoms with Gasteiger partial charge in [0.2, 0.25) is 0 Å². The fourth-order valence-electron chi connectivity index (χ4n) is 2.88. The molecule has 0 aliphatic carbocycles. The van der Waals surface area contributed by atoms with Gasteiger partial charge >= 0.3 is 5.63 Å². The Balaban J connectivity index is 1.91. The number of rotatable bonds is 10. The van der Waals surface area contributed by atoms with Crippen LogP contribution in [-0.2, 0) is 21.1 Å². The van der Waals surface area contributed by atoms with Crippen molar-refractivity contribution in [2.24, 2.45) is 0 Å². The zero-order chi connectivity index (χ0) is 20.9. The van der Waals surface area contributed by atoms with Crippen molar-refractivity contribution in [2.75, 3.05) is 5.75 Å². The van der Waals surface area contributed by atoms with E-state index < -0.39 is 15.5 Å². The summed E-state index contributed by atoms with van der Waals surface area (Å²) in [6.45, 7) is 4.65. The van der Waals surface area contributed by atoms with Crippen molar-refractivity contribution in [3.63, 3.8) is 0 Å². The minimum absolute atomic E-state index is 0.00711. The molecule has 2 rings (SSSR count). The molecule has 7 heteroatoms. The number of fused-ring (bicyclic) bond motifs is 1. The lowest BCUT2D eigenvalue weighted by Gasteiger charge is -2.07. The number of carbonyl (C=O) groups excluding carboxylic acids is 2. The largest absolute Gasteiger partial charge is 0.422 e. The van der Waals surface area contributed by atoms with Gasteiger partial charge in [-0.25, -0.2) is 13.2 Å². The Morgan fingerprint density at radius 3 is 2.43 bits per heavy atom. The maximum Gasteiger partial charge on any atom is 0.347 e. The van der Waals surface area contributed by atoms with E-state index in [1.165, 1.54) is 13.0 Å². The van der Waals surface area contributed by atoms with Crippen LogP contribution in [0.2, 0.25) is 0 Å². The molecular formula is C21H26O6S. The second-order valence-corrected chi connectivity index (χ2v) is 9.99. The Labute approximate surface area is 164 Å². The second-order valence-electron chi connectivity index (χ2n) is 7.32. The molecule has 0 aliphatic rings. The van der Waals surface area contributed by atoms with Gasteiger partial charge in [0.05, 0.1) is 11.0 Å². The zero-order valence-corrected chi connectivity index (χ0v) is 17.3. The quantitative estimate of drug-likeness (QED) is 0.340. The van der Waals surface area contributed by atoms with Crippen molar-refractivity contribution < 1.29 is 22.4 Å². The third-order valence-electron chi connectivity index (χ3n) is 4.68. The summed E-state index contributed by atoms with van der Waals surface area (Å²) in [5, 5.41) is 0.240. The van der Waals surface area contributed by atoms with Crippen molar-refractivity contribution in [3.8, 4) is 0 Å². The van der Waals surface area contributed by atoms with Gasteiger partial charge in [-0.2, -0.15) is 0 Å². The molecule has 6 nitrogen and oxygen atoms in total. The first-order valence-corrected chi connectivity index (χ1v) is 11.1. The van der Waals surface area contributed by atoms with E-state index in [-0.39, 0.29) is 34.6 Å². The molecule has 0 spiro atoms. The van der Waals surface area contributed by atoms with Crippen molar-refractivity contribution in [1.82, 2.24) is 0 Å². The molecule has 0 aliphatic heterocycles. The van der Waals surface area contributed by atoms with Crippen LogP contribution in [0.5, 0.6) is 0 Å². The van der Waals surface area contributed by atoms with Crippen LogP contribution in [-0.4, -0.2) is 31.0 Å². The van der Waals surface area contributed by atoms with Gasteiger partial charge in [-0.05, 0) is 57.4 Å². The lowest BCUT2D eigenvalue weighted by atomic mass is 10.0. The van der Waals surface area contributed by atoms with Gasteiger partial charge in [-0.1, -0.05) is 12.5 Å². The zero-order valence-electron chi connectivity index (χ0n) is 16.5. The first kappa shape index (κ1) is 22.0. The van der Waals surface area contributed by atoms with E-state index in [1.807, 2.05) is 0 Å². The molecule has 0 saturated carbocycles. The summed E-state index contributed by atoms with van der Waals surface area (Å²) in [7, 11) is -3.02. The topological polar surface area (TPSA) is 98.5 Å². The fourth-order valence-corrected chi connectivity index (χ4v) is 3.96. The molecule has 0 radical (unpaired) electrons. The van der Waals surface area contributed by atoms with Gasteiger partial charge in [-0.3, -0.25) is 9.59 Å². The average molecular weight is 407 g/mol. The highest BCUT2D eigenvalue weighted by Crippen LogP contribution is 2.17. The third kappa shape index (κ3) is 5.86. The van der Waals surface area contributed by atoms with Crippen LogP contribution in [0, 0.1) is 0 Å². The van der Waals surface area contributed by atoms with Gasteiger partial charge in [0.1, 0.15) is 16.9 Å². The van der Waals surface area contributed by atoms with Crippen LogP contribution in [0.25, 0.3) is 11.0 Å². The molecule has 0 atom stereocenters. The standard InChI is InChI=1S/C21H26O6S/c1-14(2)28(25,26)10-6-4-5-7-18(23)12-16-8-9-20-17(11-16)13-19(15(3)22)21(24)27-20/h8-9,11,13-14H,4-7,10,12H2,1-3H3. The Bertz CT molecular complexity index is 1030. The summed E-state index contributed by atoms with van der Waals surface area (Å²) in [4.78, 5) is 35.4. The number of carbonyl (C=O) groups is 2. The van der Waals surface area contributed by atoms with Gasteiger partial charge in [0, 0.05) is 18.2 Å². The van der Waals surface area contributed by atoms with Gasteiger partial charge < -0.3 is 4.42 Å². The predicted octanol–water partition coefficient (Wildman–Crippen LogP) is 3.49. The highest BCUT2D eigenvalue weighted by Gasteiger charge is 2.15. The number of hydrogen-bond acceptors (Lipinski definition) is 6. The van der Waals surface area contributed by atoms with Crippen LogP contribution in [0.1, 0.15) is 62.4 Å². The van der Waals surface area contributed by atoms with Crippen LogP contribution in [0.15, 0.2) is 33.5 Å². The van der Waals surface area contributed by atoms with Crippen molar-refractivity contribution in [1.29, 1.82) is 0 Å². The van der Waals surface area contributed by atoms with E-state index in [2.05, 4.69) is 0 Å². The molecule has 0 amide bonds. The van der Waals surface area contributed by atoms with E-state index in [1.54, 1.807) is 32.0 Å². The maximum atomic E-state index is 12.2. The van der Waals surface area contributed by atoms with Crippen LogP contribution in [0.4, 0.5) is 0 Å². The third-order valence-corrected chi connectivity index (χ3v) is 6.97. The summed E-state index contributed by atoms with van der Waals surface area (Å²) in [5.41, 5.74) is 0.483. The van der Waals surface area contributed by atoms with Gasteiger partial charge in [0.15, 0.2) is 15.6 Å². The Kier molecular flexibility index (Phi) is 7.29. The number of unbranched alkanes of at least 4 members (excludes halogenated alkanes) is 2. The minimum atomic E-state index is -3.02. The van der Waals surface area contributed by atoms with E-state index in [4.69, 9.17) is 4.42 Å². The van der Waals surface area contributed by atoms with Crippen LogP contribution in [0.3, 0.4) is 0 Å². The molecule has 1 aromatic heterocycles. The van der Waals surface area contributed by atoms with Crippen molar-refractivity contribution in [3.05, 3.63) is 45.8 Å². The normalized spacial score (nSPS) is 11.9. The molecular weight excluding hydrogens is 380 g/mol. The van der Waals surface area contributed by atoms with Crippen LogP contribution >= 0.6 is 0 Å². The molecule has 28 heavy (non-hydrogen) atoms. The monoisotopic (exact) mass is 406 g/mol. The Morgan fingerprint density at radius 2 is 1.79 bits per heavy atom. The highest BCUT2D eigenvalue weighted by atomic mass is 32.2. The molecule has 0 unspecified atom stereocenters. The molecule has 1 heterocycles. The fraction of sp³-hybridized carbons (Fsp3) is 0.476. The number of benzene rings is 1. The number of Topliss-reactive ketones (excluding diaryl/α,β-unsaturated/α-hetero) is 2. The number of ketones is 2. The van der Waals surface area contributed by atoms with Crippen LogP contribution < -0.4 is 5.63 Å². The average Bonchev–Trinajstić information content (AvgIpc) is 2.60. The molecule has 0 N–H and O–H groups in total. The summed E-state index contributed by atoms with van der Waals surface area (Å²) in [6.07, 6.45) is 2.56. The Morgan fingerprint density at radius 1 is 1.07 bits per heavy atom. The van der Waals surface area contributed by atoms with Gasteiger partial charge in [-0.15, -0.1) is 0 Å². The lowest BCUT2D eigenvalue weighted by molar-refractivity contribution is -0.118. The predicted molar refractivity (Wildman–Crippen MR) is 109 cm³/mol. The van der Waals surface area contributed by atoms with E-state index >= 15 is 0 Å². The van der Waals surface area contributed by atoms with Gasteiger partial charge in [0.25, 0.3) is 0 Å². The molecule has 0 fully saturated rings. The molecule has 0 saturated heterocycles. The summed E-state index contributed by atoms with van der Waals surface area (Å²) in [5.74, 6) is -0.139. The first-order chi connectivity index (χ1) is 13.1. The maximum absolute atomic E-state index is 12.2. The van der Waals surface area contributed by atoms with E-state index in [0.717, 1.165) is 5.56 Å². The lowest BCUT2D eigenvalue weighted by Crippen LogP contribution is -2.17. The van der Waals surface area contributed by atoms with E-state index in [9.17, 15) is 22.8 Å². The van der Waals surface area contributed by atoms with Crippen molar-refractivity contribution >= 4 is 32.4 Å². The SMILES string of the molecule is CC(=O)c1cc2cc(CC(=O)CCCCCS(=O)(=O)C(C)C)ccc2oc1=O. The molecule has 0 bridgehead atoms. The number of sulfone groups is 1. The highest BCUT2D eigenvalue weighted by molar-refractivity contribution is 7.91. The Hall–Kier alpha value is -2.28. The smallest absolute Gasteiger partial charge is 0.347 e. The minimum Gasteiger partial charge on any atom is -0.422 e. The first-order valence-electron chi connectivity index (χ1n) is 9.41. The van der Waals surface area contributed by atoms with Crippen molar-refractivity contribution in [2.45, 2.75) is 58.1 Å². The second kappa shape index (κ2) is 9.28. The summed E-state index contributed by atoms with van der Waals surface area (Å²) < 4.78 is 28.6. The molecule has 152 valence electrons. The summed E-state index contributed by atoms with van der Waals surface area (Å²) in [6, 6.07) is 6.59. The van der Waals surface area contributed by atoms with E-state index in [0.29, 0.717) is 36.7 Å². The summed E-state index contributed by atoms with van der Waals surface area (Å²) >= 11 is 0. The number of hydrogen-bond donors (Lipinski definition) is 0. The molecule has 2 aromatic rings.